The Morgan fingerprint density at radius 1 is 0.792 bits per heavy atom. The molecule has 0 saturated heterocycles. The van der Waals surface area contributed by atoms with E-state index in [1.165, 1.54) is 6.26 Å². The van der Waals surface area contributed by atoms with Crippen LogP contribution in [0.25, 0.3) is 0 Å². The number of hydrogen-bond acceptors (Lipinski definition) is 3. The van der Waals surface area contributed by atoms with Crippen molar-refractivity contribution in [3.63, 3.8) is 0 Å². The van der Waals surface area contributed by atoms with E-state index in [9.17, 15) is 4.57 Å². The second kappa shape index (κ2) is 7.20. The second-order valence-corrected chi connectivity index (χ2v) is 7.33. The van der Waals surface area contributed by atoms with Crippen molar-refractivity contribution in [2.24, 2.45) is 0 Å². The molecule has 0 saturated carbocycles. The van der Waals surface area contributed by atoms with Gasteiger partial charge in [-0.05, 0) is 36.4 Å². The van der Waals surface area contributed by atoms with Crippen LogP contribution in [0.1, 0.15) is 0 Å². The quantitative estimate of drug-likeness (QED) is 0.490. The van der Waals surface area contributed by atoms with Crippen LogP contribution in [-0.4, -0.2) is 0 Å². The van der Waals surface area contributed by atoms with Crippen LogP contribution >= 0.6 is 7.37 Å². The Kier molecular flexibility index (Phi) is 4.83. The third-order valence-electron chi connectivity index (χ3n) is 3.47. The lowest BCUT2D eigenvalue weighted by Crippen LogP contribution is -2.21. The van der Waals surface area contributed by atoms with Gasteiger partial charge in [0.2, 0.25) is 0 Å². The summed E-state index contributed by atoms with van der Waals surface area (Å²) in [6, 6.07) is 25.4. The molecule has 0 fully saturated rings. The number of rotatable bonds is 6. The topological polar surface area (TPSA) is 35.5 Å². The summed E-state index contributed by atoms with van der Waals surface area (Å²) in [7, 11) is -3.39. The molecule has 24 heavy (non-hydrogen) atoms. The van der Waals surface area contributed by atoms with E-state index in [0.29, 0.717) is 22.1 Å². The number of ether oxygens (including phenoxy) is 1. The highest BCUT2D eigenvalue weighted by molar-refractivity contribution is 7.74. The van der Waals surface area contributed by atoms with Crippen molar-refractivity contribution in [3.05, 3.63) is 97.8 Å². The molecule has 4 heteroatoms. The van der Waals surface area contributed by atoms with Gasteiger partial charge in [0.1, 0.15) is 11.5 Å². The van der Waals surface area contributed by atoms with Gasteiger partial charge in [-0.3, -0.25) is 4.57 Å². The summed E-state index contributed by atoms with van der Waals surface area (Å²) in [6.45, 7) is 3.58. The van der Waals surface area contributed by atoms with Gasteiger partial charge >= 0.3 is 7.37 Å². The van der Waals surface area contributed by atoms with Gasteiger partial charge in [0.25, 0.3) is 0 Å². The third kappa shape index (κ3) is 3.27. The molecule has 0 radical (unpaired) electrons. The Balaban J connectivity index is 2.16. The van der Waals surface area contributed by atoms with Crippen molar-refractivity contribution in [1.29, 1.82) is 0 Å². The van der Waals surface area contributed by atoms with E-state index < -0.39 is 7.37 Å². The fourth-order valence-corrected chi connectivity index (χ4v) is 4.55. The van der Waals surface area contributed by atoms with Gasteiger partial charge in [0.15, 0.2) is 0 Å². The molecule has 3 rings (SSSR count). The largest absolute Gasteiger partial charge is 0.465 e. The summed E-state index contributed by atoms with van der Waals surface area (Å²) in [4.78, 5) is 0. The van der Waals surface area contributed by atoms with Crippen LogP contribution in [0.5, 0.6) is 11.5 Å². The van der Waals surface area contributed by atoms with Gasteiger partial charge in [-0.2, -0.15) is 0 Å². The molecule has 3 aromatic carbocycles. The molecule has 1 atom stereocenters. The highest BCUT2D eigenvalue weighted by Crippen LogP contribution is 2.47. The zero-order valence-electron chi connectivity index (χ0n) is 13.0. The maximum absolute atomic E-state index is 13.9. The van der Waals surface area contributed by atoms with E-state index in [0.717, 1.165) is 0 Å². The smallest absolute Gasteiger partial charge is 0.310 e. The zero-order valence-corrected chi connectivity index (χ0v) is 13.9. The molecule has 0 aromatic heterocycles. The monoisotopic (exact) mass is 336 g/mol. The van der Waals surface area contributed by atoms with Crippen LogP contribution in [0.2, 0.25) is 0 Å². The minimum Gasteiger partial charge on any atom is -0.465 e. The first kappa shape index (κ1) is 16.1. The molecule has 0 spiro atoms. The molecule has 0 aliphatic heterocycles. The predicted octanol–water partition coefficient (Wildman–Crippen LogP) is 4.52. The maximum atomic E-state index is 13.9. The van der Waals surface area contributed by atoms with E-state index in [2.05, 4.69) is 6.58 Å². The average Bonchev–Trinajstić information content (AvgIpc) is 2.64. The van der Waals surface area contributed by atoms with Gasteiger partial charge in [-0.15, -0.1) is 0 Å². The van der Waals surface area contributed by atoms with Crippen molar-refractivity contribution < 1.29 is 13.8 Å². The number of para-hydroxylation sites is 2. The van der Waals surface area contributed by atoms with Crippen LogP contribution in [0, 0.1) is 0 Å². The van der Waals surface area contributed by atoms with E-state index >= 15 is 0 Å². The Bertz CT molecular complexity index is 860. The summed E-state index contributed by atoms with van der Waals surface area (Å²) in [5, 5.41) is 1.11. The molecule has 0 amide bonds. The molecule has 0 N–H and O–H groups in total. The first-order valence-corrected chi connectivity index (χ1v) is 9.14. The van der Waals surface area contributed by atoms with E-state index in [1.54, 1.807) is 36.4 Å². The maximum Gasteiger partial charge on any atom is 0.310 e. The zero-order chi connectivity index (χ0) is 16.8. The Labute approximate surface area is 141 Å². The van der Waals surface area contributed by atoms with Gasteiger partial charge in [-0.1, -0.05) is 55.1 Å². The molecule has 0 aliphatic carbocycles. The summed E-state index contributed by atoms with van der Waals surface area (Å²) >= 11 is 0. The minimum atomic E-state index is -3.39. The van der Waals surface area contributed by atoms with Crippen molar-refractivity contribution in [3.8, 4) is 11.5 Å². The molecular weight excluding hydrogens is 319 g/mol. The van der Waals surface area contributed by atoms with Crippen LogP contribution in [0.4, 0.5) is 0 Å². The van der Waals surface area contributed by atoms with Crippen LogP contribution in [-0.2, 0) is 4.57 Å². The second-order valence-electron chi connectivity index (χ2n) is 5.04. The molecule has 0 heterocycles. The molecular formula is C20H17O3P. The van der Waals surface area contributed by atoms with Gasteiger partial charge in [0, 0.05) is 0 Å². The van der Waals surface area contributed by atoms with Gasteiger partial charge < -0.3 is 9.26 Å². The molecule has 1 unspecified atom stereocenters. The van der Waals surface area contributed by atoms with Crippen LogP contribution in [0.15, 0.2) is 97.8 Å². The summed E-state index contributed by atoms with van der Waals surface area (Å²) in [6.07, 6.45) is 1.32. The van der Waals surface area contributed by atoms with Gasteiger partial charge in [0.05, 0.1) is 16.9 Å². The van der Waals surface area contributed by atoms with E-state index in [1.807, 2.05) is 48.5 Å². The summed E-state index contributed by atoms with van der Waals surface area (Å²) in [5.41, 5.74) is 0. The standard InChI is InChI=1S/C20H17O3P/c1-2-22-19-15-9-10-16-20(19)24(21,18-13-7-4-8-14-18)23-17-11-5-3-6-12-17/h2-16H,1H2. The first-order chi connectivity index (χ1) is 11.7. The van der Waals surface area contributed by atoms with E-state index in [4.69, 9.17) is 9.26 Å². The molecule has 120 valence electrons. The number of benzene rings is 3. The third-order valence-corrected chi connectivity index (χ3v) is 5.92. The average molecular weight is 336 g/mol. The Hall–Kier alpha value is -2.77. The SMILES string of the molecule is C=COc1ccccc1P(=O)(Oc1ccccc1)c1ccccc1. The van der Waals surface area contributed by atoms with Crippen molar-refractivity contribution in [2.75, 3.05) is 0 Å². The molecule has 0 aliphatic rings. The normalized spacial score (nSPS) is 12.8. The van der Waals surface area contributed by atoms with E-state index in [-0.39, 0.29) is 0 Å². The Morgan fingerprint density at radius 3 is 2.04 bits per heavy atom. The lowest BCUT2D eigenvalue weighted by atomic mass is 10.3. The van der Waals surface area contributed by atoms with Crippen molar-refractivity contribution >= 4 is 18.0 Å². The lowest BCUT2D eigenvalue weighted by Gasteiger charge is -2.22. The van der Waals surface area contributed by atoms with Crippen LogP contribution < -0.4 is 19.9 Å². The fourth-order valence-electron chi connectivity index (χ4n) is 2.38. The predicted molar refractivity (Wildman–Crippen MR) is 97.7 cm³/mol. The fraction of sp³-hybridized carbons (Fsp3) is 0. The highest BCUT2D eigenvalue weighted by atomic mass is 31.2. The molecule has 3 aromatic rings. The lowest BCUT2D eigenvalue weighted by molar-refractivity contribution is 0.479. The first-order valence-electron chi connectivity index (χ1n) is 7.51. The minimum absolute atomic E-state index is 0.468. The number of hydrogen-bond donors (Lipinski definition) is 0. The molecule has 3 nitrogen and oxygen atoms in total. The van der Waals surface area contributed by atoms with Crippen molar-refractivity contribution in [2.45, 2.75) is 0 Å². The van der Waals surface area contributed by atoms with Gasteiger partial charge in [-0.25, -0.2) is 0 Å². The highest BCUT2D eigenvalue weighted by Gasteiger charge is 2.33. The van der Waals surface area contributed by atoms with Crippen molar-refractivity contribution in [1.82, 2.24) is 0 Å². The van der Waals surface area contributed by atoms with Crippen LogP contribution in [0.3, 0.4) is 0 Å². The summed E-state index contributed by atoms with van der Waals surface area (Å²) in [5.74, 6) is 1.01. The Morgan fingerprint density at radius 2 is 1.38 bits per heavy atom. The molecule has 0 bridgehead atoms. The summed E-state index contributed by atoms with van der Waals surface area (Å²) < 4.78 is 25.4.